The first-order chi connectivity index (χ1) is 13.1. The van der Waals surface area contributed by atoms with E-state index in [9.17, 15) is 0 Å². The van der Waals surface area contributed by atoms with Crippen molar-refractivity contribution in [2.75, 3.05) is 5.32 Å². The lowest BCUT2D eigenvalue weighted by atomic mass is 10.1. The molecule has 0 saturated heterocycles. The van der Waals surface area contributed by atoms with Crippen molar-refractivity contribution in [2.24, 2.45) is 0 Å². The number of anilines is 1. The minimum atomic E-state index is 0.779. The van der Waals surface area contributed by atoms with Crippen molar-refractivity contribution < 1.29 is 4.74 Å². The van der Waals surface area contributed by atoms with Gasteiger partial charge >= 0.3 is 0 Å². The van der Waals surface area contributed by atoms with Gasteiger partial charge in [0.2, 0.25) is 0 Å². The molecule has 1 aliphatic rings. The van der Waals surface area contributed by atoms with Crippen LogP contribution < -0.4 is 10.1 Å². The lowest BCUT2D eigenvalue weighted by Crippen LogP contribution is -1.97. The number of ether oxygens (including phenoxy) is 1. The quantitative estimate of drug-likeness (QED) is 0.384. The molecule has 27 heavy (non-hydrogen) atoms. The van der Waals surface area contributed by atoms with Gasteiger partial charge in [0.05, 0.1) is 14.4 Å². The number of nitrogens with zero attached hydrogens (tertiary/aromatic N) is 1. The summed E-state index contributed by atoms with van der Waals surface area (Å²) in [6, 6.07) is 6.43. The molecule has 0 bridgehead atoms. The second-order valence-corrected chi connectivity index (χ2v) is 9.86. The highest BCUT2D eigenvalue weighted by Crippen LogP contribution is 2.41. The van der Waals surface area contributed by atoms with E-state index in [-0.39, 0.29) is 0 Å². The van der Waals surface area contributed by atoms with Crippen molar-refractivity contribution in [1.29, 1.82) is 0 Å². The molecule has 5 rings (SSSR count). The van der Waals surface area contributed by atoms with Gasteiger partial charge in [-0.3, -0.25) is 0 Å². The van der Waals surface area contributed by atoms with Crippen molar-refractivity contribution in [3.05, 3.63) is 57.2 Å². The van der Waals surface area contributed by atoms with Crippen LogP contribution in [0.2, 0.25) is 0 Å². The topological polar surface area (TPSA) is 34.2 Å². The maximum atomic E-state index is 6.00. The minimum Gasteiger partial charge on any atom is -0.439 e. The average Bonchev–Trinajstić information content (AvgIpc) is 3.36. The number of allylic oxidation sites excluding steroid dienone is 2. The highest BCUT2D eigenvalue weighted by atomic mass is 32.2. The van der Waals surface area contributed by atoms with Gasteiger partial charge in [0.15, 0.2) is 11.6 Å². The van der Waals surface area contributed by atoms with Gasteiger partial charge in [-0.05, 0) is 66.6 Å². The maximum absolute atomic E-state index is 6.00. The summed E-state index contributed by atoms with van der Waals surface area (Å²) in [4.78, 5) is 5.97. The smallest absolute Gasteiger partial charge is 0.198 e. The summed E-state index contributed by atoms with van der Waals surface area (Å²) in [6.45, 7) is 6.39. The monoisotopic (exact) mass is 410 g/mol. The van der Waals surface area contributed by atoms with Crippen molar-refractivity contribution >= 4 is 64.7 Å². The van der Waals surface area contributed by atoms with Crippen LogP contribution >= 0.6 is 34.0 Å². The molecule has 1 aliphatic heterocycles. The summed E-state index contributed by atoms with van der Waals surface area (Å²) < 4.78 is 8.67. The predicted molar refractivity (Wildman–Crippen MR) is 119 cm³/mol. The molecule has 0 unspecified atom stereocenters. The summed E-state index contributed by atoms with van der Waals surface area (Å²) in [5, 5.41) is 7.93. The van der Waals surface area contributed by atoms with E-state index in [1.165, 1.54) is 30.8 Å². The largest absolute Gasteiger partial charge is 0.439 e. The second-order valence-electron chi connectivity index (χ2n) is 6.65. The zero-order chi connectivity index (χ0) is 18.5. The Morgan fingerprint density at radius 2 is 2.07 bits per heavy atom. The molecule has 4 aromatic rings. The number of nitrogens with one attached hydrogen (secondary N) is 1. The molecule has 136 valence electrons. The average molecular weight is 411 g/mol. The van der Waals surface area contributed by atoms with E-state index >= 15 is 0 Å². The second kappa shape index (κ2) is 6.48. The number of thiophene rings is 2. The van der Waals surface area contributed by atoms with Crippen LogP contribution in [-0.4, -0.2) is 4.98 Å². The molecule has 6 heteroatoms. The number of fused-ring (bicyclic) bond motifs is 4. The van der Waals surface area contributed by atoms with Gasteiger partial charge in [0.25, 0.3) is 0 Å². The number of rotatable bonds is 3. The van der Waals surface area contributed by atoms with E-state index in [1.807, 2.05) is 0 Å². The van der Waals surface area contributed by atoms with Crippen molar-refractivity contribution in [3.8, 4) is 5.75 Å². The molecule has 0 saturated carbocycles. The molecule has 0 spiro atoms. The molecule has 0 atom stereocenters. The van der Waals surface area contributed by atoms with E-state index in [2.05, 4.69) is 61.8 Å². The van der Waals surface area contributed by atoms with Crippen LogP contribution in [0.15, 0.2) is 41.1 Å². The molecule has 0 aliphatic carbocycles. The zero-order valence-electron chi connectivity index (χ0n) is 15.3. The van der Waals surface area contributed by atoms with Gasteiger partial charge in [-0.1, -0.05) is 6.92 Å². The van der Waals surface area contributed by atoms with Crippen LogP contribution in [0.3, 0.4) is 0 Å². The van der Waals surface area contributed by atoms with Gasteiger partial charge in [-0.15, -0.1) is 34.0 Å². The fraction of sp³-hybridized carbons (Fsp3) is 0.190. The number of aryl methyl sites for hydroxylation is 2. The van der Waals surface area contributed by atoms with Crippen molar-refractivity contribution in [2.45, 2.75) is 27.2 Å². The molecule has 3 aromatic heterocycles. The van der Waals surface area contributed by atoms with E-state index in [1.54, 1.807) is 34.0 Å². The zero-order valence-corrected chi connectivity index (χ0v) is 17.7. The van der Waals surface area contributed by atoms with Crippen molar-refractivity contribution in [1.82, 2.24) is 4.98 Å². The summed E-state index contributed by atoms with van der Waals surface area (Å²) in [6.07, 6.45) is 5.18. The van der Waals surface area contributed by atoms with E-state index in [0.717, 1.165) is 33.6 Å². The number of benzene rings is 1. The van der Waals surface area contributed by atoms with Gasteiger partial charge in [-0.2, -0.15) is 0 Å². The molecule has 1 aromatic carbocycles. The molecule has 0 amide bonds. The highest BCUT2D eigenvalue weighted by molar-refractivity contribution is 7.43. The Morgan fingerprint density at radius 1 is 1.22 bits per heavy atom. The van der Waals surface area contributed by atoms with Gasteiger partial charge < -0.3 is 10.1 Å². The Balaban J connectivity index is 1.46. The van der Waals surface area contributed by atoms with Crippen LogP contribution in [0.4, 0.5) is 5.69 Å². The third kappa shape index (κ3) is 2.98. The first kappa shape index (κ1) is 17.0. The van der Waals surface area contributed by atoms with Gasteiger partial charge in [0, 0.05) is 11.5 Å². The lowest BCUT2D eigenvalue weighted by molar-refractivity contribution is 0.456. The van der Waals surface area contributed by atoms with E-state index in [4.69, 9.17) is 9.72 Å². The first-order valence-corrected chi connectivity index (χ1v) is 11.4. The predicted octanol–water partition coefficient (Wildman–Crippen LogP) is 7.33. The minimum absolute atomic E-state index is 0.779. The summed E-state index contributed by atoms with van der Waals surface area (Å²) in [7, 11) is 0. The van der Waals surface area contributed by atoms with Crippen LogP contribution in [0.1, 0.15) is 29.5 Å². The van der Waals surface area contributed by atoms with E-state index < -0.39 is 0 Å². The van der Waals surface area contributed by atoms with Gasteiger partial charge in [0.1, 0.15) is 9.84 Å². The first-order valence-electron chi connectivity index (χ1n) is 8.85. The number of hydrogen-bond donors (Lipinski definition) is 1. The van der Waals surface area contributed by atoms with Crippen LogP contribution in [0.5, 0.6) is 5.75 Å². The Morgan fingerprint density at radius 3 is 2.93 bits per heavy atom. The lowest BCUT2D eigenvalue weighted by Gasteiger charge is -2.01. The molecule has 0 fully saturated rings. The fourth-order valence-corrected chi connectivity index (χ4v) is 6.57. The third-order valence-electron chi connectivity index (χ3n) is 4.78. The Hall–Kier alpha value is -2.15. The normalized spacial score (nSPS) is 15.5. The molecular formula is C21H18N2OS3. The fourth-order valence-electron chi connectivity index (χ4n) is 3.14. The number of hydrogen-bond acceptors (Lipinski definition) is 6. The standard InChI is InChI=1S/C21H18N2OS3/c1-4-13(9-17-22-15-7-11(2)12(3)8-16(15)24-17)10-18-23-20-19(26-18)14-5-6-25-21(14)27-20/h5-10,22H,4H2,1-3H3. The van der Waals surface area contributed by atoms with Crippen LogP contribution in [0.25, 0.3) is 25.0 Å². The third-order valence-corrected chi connectivity index (χ3v) is 8.09. The van der Waals surface area contributed by atoms with Crippen molar-refractivity contribution in [3.63, 3.8) is 0 Å². The SMILES string of the molecule is CCC(=Cc1nc2sc3sccc3c2s1)C=C1Nc2cc(C)c(C)cc2O1. The Kier molecular flexibility index (Phi) is 4.07. The Labute approximate surface area is 169 Å². The molecule has 1 N–H and O–H groups in total. The summed E-state index contributed by atoms with van der Waals surface area (Å²) in [5.74, 6) is 1.68. The molecular weight excluding hydrogens is 392 g/mol. The van der Waals surface area contributed by atoms with Gasteiger partial charge in [-0.25, -0.2) is 4.98 Å². The maximum Gasteiger partial charge on any atom is 0.198 e. The summed E-state index contributed by atoms with van der Waals surface area (Å²) in [5.41, 5.74) is 4.74. The highest BCUT2D eigenvalue weighted by Gasteiger charge is 2.18. The molecule has 4 heterocycles. The Bertz CT molecular complexity index is 1210. The molecule has 3 nitrogen and oxygen atoms in total. The van der Waals surface area contributed by atoms with Crippen LogP contribution in [0, 0.1) is 13.8 Å². The summed E-state index contributed by atoms with van der Waals surface area (Å²) >= 11 is 5.35. The van der Waals surface area contributed by atoms with Crippen LogP contribution in [-0.2, 0) is 0 Å². The number of thiazole rings is 1. The van der Waals surface area contributed by atoms with E-state index in [0.29, 0.717) is 0 Å². The molecule has 0 radical (unpaired) electrons. The number of aromatic nitrogens is 1.